The van der Waals surface area contributed by atoms with Gasteiger partial charge in [-0.05, 0) is 13.0 Å². The Morgan fingerprint density at radius 3 is 3.00 bits per heavy atom. The molecule has 0 aromatic heterocycles. The molecule has 5 nitrogen and oxygen atoms in total. The standard InChI is InChI=1S/C5H12N4O/c6-5(10)8-9-3-1-2-7-4-9/h7H,1-4H2,(H3,6,8,10). The molecule has 0 spiro atoms. The van der Waals surface area contributed by atoms with Crippen LogP contribution >= 0.6 is 0 Å². The number of nitrogens with zero attached hydrogens (tertiary/aromatic N) is 1. The maximum absolute atomic E-state index is 10.3. The van der Waals surface area contributed by atoms with Crippen molar-refractivity contribution < 1.29 is 4.79 Å². The molecule has 0 atom stereocenters. The molecule has 10 heavy (non-hydrogen) atoms. The van der Waals surface area contributed by atoms with Gasteiger partial charge in [-0.25, -0.2) is 9.80 Å². The number of nitrogens with one attached hydrogen (secondary N) is 2. The normalized spacial score (nSPS) is 20.4. The zero-order valence-electron chi connectivity index (χ0n) is 5.76. The lowest BCUT2D eigenvalue weighted by molar-refractivity contribution is 0.151. The van der Waals surface area contributed by atoms with Crippen molar-refractivity contribution in [2.75, 3.05) is 19.8 Å². The van der Waals surface area contributed by atoms with Crippen molar-refractivity contribution in [1.29, 1.82) is 0 Å². The van der Waals surface area contributed by atoms with Gasteiger partial charge in [0.05, 0.1) is 6.67 Å². The van der Waals surface area contributed by atoms with Crippen LogP contribution in [0.15, 0.2) is 0 Å². The predicted molar refractivity (Wildman–Crippen MR) is 36.9 cm³/mol. The van der Waals surface area contributed by atoms with E-state index in [-0.39, 0.29) is 0 Å². The van der Waals surface area contributed by atoms with Crippen LogP contribution in [0.25, 0.3) is 0 Å². The summed E-state index contributed by atoms with van der Waals surface area (Å²) >= 11 is 0. The van der Waals surface area contributed by atoms with Crippen LogP contribution in [0.1, 0.15) is 6.42 Å². The van der Waals surface area contributed by atoms with Crippen molar-refractivity contribution in [3.63, 3.8) is 0 Å². The third-order valence-electron chi connectivity index (χ3n) is 1.35. The topological polar surface area (TPSA) is 70.4 Å². The largest absolute Gasteiger partial charge is 0.351 e. The van der Waals surface area contributed by atoms with E-state index in [1.165, 1.54) is 0 Å². The quantitative estimate of drug-likeness (QED) is 0.434. The highest BCUT2D eigenvalue weighted by atomic mass is 16.2. The average Bonchev–Trinajstić information content (AvgIpc) is 1.88. The molecule has 0 aromatic carbocycles. The second-order valence-corrected chi connectivity index (χ2v) is 2.25. The Bertz CT molecular complexity index is 121. The van der Waals surface area contributed by atoms with Gasteiger partial charge in [0.25, 0.3) is 0 Å². The Kier molecular flexibility index (Phi) is 2.47. The number of hydrazine groups is 1. The molecule has 0 saturated carbocycles. The number of hydrogen-bond donors (Lipinski definition) is 3. The zero-order valence-corrected chi connectivity index (χ0v) is 5.76. The van der Waals surface area contributed by atoms with Gasteiger partial charge in [0.15, 0.2) is 0 Å². The fourth-order valence-corrected chi connectivity index (χ4v) is 0.939. The summed E-state index contributed by atoms with van der Waals surface area (Å²) in [4.78, 5) is 10.3. The Morgan fingerprint density at radius 1 is 1.70 bits per heavy atom. The molecule has 58 valence electrons. The Morgan fingerprint density at radius 2 is 2.50 bits per heavy atom. The molecule has 0 radical (unpaired) electrons. The number of rotatable bonds is 1. The van der Waals surface area contributed by atoms with Gasteiger partial charge in [0.1, 0.15) is 0 Å². The molecule has 1 saturated heterocycles. The summed E-state index contributed by atoms with van der Waals surface area (Å²) in [6.45, 7) is 2.57. The van der Waals surface area contributed by atoms with Crippen molar-refractivity contribution in [1.82, 2.24) is 15.8 Å². The minimum atomic E-state index is -0.497. The first-order valence-corrected chi connectivity index (χ1v) is 3.31. The molecule has 0 bridgehead atoms. The summed E-state index contributed by atoms with van der Waals surface area (Å²) < 4.78 is 0. The summed E-state index contributed by atoms with van der Waals surface area (Å²) in [7, 11) is 0. The molecular formula is C5H12N4O. The van der Waals surface area contributed by atoms with Crippen LogP contribution in [0.3, 0.4) is 0 Å². The molecular weight excluding hydrogens is 132 g/mol. The van der Waals surface area contributed by atoms with Crippen LogP contribution in [0.2, 0.25) is 0 Å². The van der Waals surface area contributed by atoms with Crippen molar-refractivity contribution >= 4 is 6.03 Å². The van der Waals surface area contributed by atoms with E-state index in [1.807, 2.05) is 0 Å². The molecule has 1 rings (SSSR count). The number of urea groups is 1. The monoisotopic (exact) mass is 144 g/mol. The van der Waals surface area contributed by atoms with Gasteiger partial charge >= 0.3 is 6.03 Å². The fourth-order valence-electron chi connectivity index (χ4n) is 0.939. The molecule has 5 heteroatoms. The highest BCUT2D eigenvalue weighted by molar-refractivity contribution is 5.70. The highest BCUT2D eigenvalue weighted by Crippen LogP contribution is 1.89. The van der Waals surface area contributed by atoms with Crippen LogP contribution < -0.4 is 16.5 Å². The van der Waals surface area contributed by atoms with Crippen molar-refractivity contribution in [2.45, 2.75) is 6.42 Å². The van der Waals surface area contributed by atoms with E-state index in [0.29, 0.717) is 6.67 Å². The number of hydrogen-bond acceptors (Lipinski definition) is 3. The van der Waals surface area contributed by atoms with Gasteiger partial charge in [0, 0.05) is 6.54 Å². The lowest BCUT2D eigenvalue weighted by Crippen LogP contribution is -2.52. The molecule has 0 unspecified atom stereocenters. The van der Waals surface area contributed by atoms with E-state index in [1.54, 1.807) is 5.01 Å². The van der Waals surface area contributed by atoms with E-state index in [2.05, 4.69) is 10.7 Å². The van der Waals surface area contributed by atoms with Crippen LogP contribution in [0, 0.1) is 0 Å². The number of amides is 2. The smallest absolute Gasteiger partial charge is 0.326 e. The van der Waals surface area contributed by atoms with Crippen molar-refractivity contribution in [3.8, 4) is 0 Å². The third kappa shape index (κ3) is 2.20. The number of carbonyl (C=O) groups is 1. The van der Waals surface area contributed by atoms with E-state index >= 15 is 0 Å². The third-order valence-corrected chi connectivity index (χ3v) is 1.35. The Hall–Kier alpha value is -0.810. The maximum atomic E-state index is 10.3. The molecule has 1 aliphatic rings. The van der Waals surface area contributed by atoms with Crippen LogP contribution in [-0.2, 0) is 0 Å². The summed E-state index contributed by atoms with van der Waals surface area (Å²) in [5.41, 5.74) is 7.40. The maximum Gasteiger partial charge on any atom is 0.326 e. The molecule has 0 aliphatic carbocycles. The van der Waals surface area contributed by atoms with Gasteiger partial charge in [-0.15, -0.1) is 0 Å². The first kappa shape index (κ1) is 7.30. The van der Waals surface area contributed by atoms with Gasteiger partial charge in [-0.3, -0.25) is 5.43 Å². The molecule has 4 N–H and O–H groups in total. The van der Waals surface area contributed by atoms with E-state index in [4.69, 9.17) is 5.73 Å². The van der Waals surface area contributed by atoms with Crippen LogP contribution in [0.5, 0.6) is 0 Å². The van der Waals surface area contributed by atoms with Crippen LogP contribution in [-0.4, -0.2) is 30.8 Å². The molecule has 2 amide bonds. The van der Waals surface area contributed by atoms with Crippen molar-refractivity contribution in [2.24, 2.45) is 5.73 Å². The zero-order chi connectivity index (χ0) is 7.40. The SMILES string of the molecule is NC(=O)NN1CCCNC1. The van der Waals surface area contributed by atoms with E-state index in [9.17, 15) is 4.79 Å². The summed E-state index contributed by atoms with van der Waals surface area (Å²) in [5.74, 6) is 0. The number of carbonyl (C=O) groups excluding carboxylic acids is 1. The van der Waals surface area contributed by atoms with Crippen molar-refractivity contribution in [3.05, 3.63) is 0 Å². The molecule has 1 heterocycles. The number of nitrogens with two attached hydrogens (primary N) is 1. The van der Waals surface area contributed by atoms with Gasteiger partial charge in [0.2, 0.25) is 0 Å². The number of primary amides is 1. The highest BCUT2D eigenvalue weighted by Gasteiger charge is 2.08. The Balaban J connectivity index is 2.19. The first-order valence-electron chi connectivity index (χ1n) is 3.31. The summed E-state index contributed by atoms with van der Waals surface area (Å²) in [6.07, 6.45) is 1.04. The fraction of sp³-hybridized carbons (Fsp3) is 0.800. The van der Waals surface area contributed by atoms with E-state index < -0.39 is 6.03 Å². The summed E-state index contributed by atoms with van der Waals surface area (Å²) in [6, 6.07) is -0.497. The van der Waals surface area contributed by atoms with Gasteiger partial charge < -0.3 is 11.1 Å². The van der Waals surface area contributed by atoms with Gasteiger partial charge in [-0.2, -0.15) is 0 Å². The second-order valence-electron chi connectivity index (χ2n) is 2.25. The summed E-state index contributed by atoms with van der Waals surface area (Å²) in [5, 5.41) is 4.85. The lowest BCUT2D eigenvalue weighted by atomic mass is 10.4. The van der Waals surface area contributed by atoms with E-state index in [0.717, 1.165) is 19.5 Å². The van der Waals surface area contributed by atoms with Gasteiger partial charge in [-0.1, -0.05) is 0 Å². The first-order chi connectivity index (χ1) is 4.79. The predicted octanol–water partition coefficient (Wildman–Crippen LogP) is -1.18. The Labute approximate surface area is 59.5 Å². The minimum absolute atomic E-state index is 0.497. The lowest BCUT2D eigenvalue weighted by Gasteiger charge is -2.26. The second kappa shape index (κ2) is 3.38. The average molecular weight is 144 g/mol. The minimum Gasteiger partial charge on any atom is -0.351 e. The van der Waals surface area contributed by atoms with Crippen LogP contribution in [0.4, 0.5) is 4.79 Å². The molecule has 0 aromatic rings. The molecule has 1 aliphatic heterocycles. The molecule has 1 fully saturated rings.